The van der Waals surface area contributed by atoms with Crippen molar-refractivity contribution in [1.82, 2.24) is 5.32 Å². The second-order valence-corrected chi connectivity index (χ2v) is 6.54. The third-order valence-corrected chi connectivity index (χ3v) is 4.60. The number of benzene rings is 2. The van der Waals surface area contributed by atoms with Crippen molar-refractivity contribution in [3.8, 4) is 0 Å². The van der Waals surface area contributed by atoms with Gasteiger partial charge in [0.25, 0.3) is 0 Å². The summed E-state index contributed by atoms with van der Waals surface area (Å²) in [5.74, 6) is -0.802. The molecule has 0 spiro atoms. The molecule has 0 amide bonds. The Balaban J connectivity index is 2.02. The molecule has 25 heavy (non-hydrogen) atoms. The number of halogens is 3. The van der Waals surface area contributed by atoms with Gasteiger partial charge in [-0.25, -0.2) is 8.78 Å². The van der Waals surface area contributed by atoms with Crippen molar-refractivity contribution in [2.75, 3.05) is 6.54 Å². The zero-order valence-electron chi connectivity index (χ0n) is 14.1. The summed E-state index contributed by atoms with van der Waals surface area (Å²) in [4.78, 5) is 0. The van der Waals surface area contributed by atoms with E-state index in [-0.39, 0.29) is 16.9 Å². The molecule has 134 valence electrons. The lowest BCUT2D eigenvalue weighted by Gasteiger charge is -2.28. The summed E-state index contributed by atoms with van der Waals surface area (Å²) < 4.78 is 26.7. The molecule has 0 aliphatic rings. The number of rotatable bonds is 8. The summed E-state index contributed by atoms with van der Waals surface area (Å²) in [6, 6.07) is 10.4. The normalized spacial score (nSPS) is 14.8. The molecular weight excluding hydrogens is 344 g/mol. The van der Waals surface area contributed by atoms with Crippen molar-refractivity contribution in [2.24, 2.45) is 0 Å². The molecule has 0 aliphatic heterocycles. The molecule has 0 aliphatic carbocycles. The molecule has 2 aromatic carbocycles. The van der Waals surface area contributed by atoms with E-state index >= 15 is 0 Å². The van der Waals surface area contributed by atoms with E-state index in [0.717, 1.165) is 5.56 Å². The first-order valence-corrected chi connectivity index (χ1v) is 8.51. The minimum absolute atomic E-state index is 0.0904. The van der Waals surface area contributed by atoms with Gasteiger partial charge in [-0.1, -0.05) is 35.9 Å². The van der Waals surface area contributed by atoms with Crippen LogP contribution in [-0.2, 0) is 5.60 Å². The standard InChI is InChI=1S/C20H22ClF2NO/c1-3-10-20(25,16-5-7-17(22)8-6-16)11-12-24-14(2)15-4-9-18(21)19(23)13-15/h3-9,13-14,24-25H,1,10-12H2,2H3/t14-,20?/m0/s1. The monoisotopic (exact) mass is 365 g/mol. The van der Waals surface area contributed by atoms with Gasteiger partial charge >= 0.3 is 0 Å². The molecule has 2 N–H and O–H groups in total. The van der Waals surface area contributed by atoms with Gasteiger partial charge in [-0.05, 0) is 61.7 Å². The highest BCUT2D eigenvalue weighted by atomic mass is 35.5. The second kappa shape index (κ2) is 8.56. The van der Waals surface area contributed by atoms with Gasteiger partial charge in [-0.3, -0.25) is 0 Å². The van der Waals surface area contributed by atoms with E-state index in [1.165, 1.54) is 24.3 Å². The largest absolute Gasteiger partial charge is 0.385 e. The van der Waals surface area contributed by atoms with Gasteiger partial charge in [0.05, 0.1) is 10.6 Å². The van der Waals surface area contributed by atoms with E-state index in [0.29, 0.717) is 24.9 Å². The van der Waals surface area contributed by atoms with E-state index < -0.39 is 11.4 Å². The molecule has 5 heteroatoms. The highest BCUT2D eigenvalue weighted by Crippen LogP contribution is 2.29. The Morgan fingerprint density at radius 3 is 2.52 bits per heavy atom. The van der Waals surface area contributed by atoms with Gasteiger partial charge in [0.15, 0.2) is 0 Å². The van der Waals surface area contributed by atoms with Gasteiger partial charge in [0.2, 0.25) is 0 Å². The van der Waals surface area contributed by atoms with Crippen LogP contribution in [0.3, 0.4) is 0 Å². The summed E-state index contributed by atoms with van der Waals surface area (Å²) in [5, 5.41) is 14.3. The van der Waals surface area contributed by atoms with Crippen LogP contribution in [0.2, 0.25) is 5.02 Å². The molecule has 0 heterocycles. The van der Waals surface area contributed by atoms with Crippen LogP contribution in [0.15, 0.2) is 55.1 Å². The molecule has 0 saturated carbocycles. The van der Waals surface area contributed by atoms with Crippen molar-refractivity contribution < 1.29 is 13.9 Å². The van der Waals surface area contributed by atoms with Crippen LogP contribution < -0.4 is 5.32 Å². The first-order chi connectivity index (χ1) is 11.9. The Hall–Kier alpha value is -1.75. The lowest BCUT2D eigenvalue weighted by molar-refractivity contribution is 0.0302. The minimum atomic E-state index is -1.13. The van der Waals surface area contributed by atoms with E-state index in [1.807, 2.05) is 6.92 Å². The van der Waals surface area contributed by atoms with Crippen molar-refractivity contribution in [2.45, 2.75) is 31.4 Å². The van der Waals surface area contributed by atoms with Crippen molar-refractivity contribution in [3.05, 3.63) is 82.9 Å². The van der Waals surface area contributed by atoms with Crippen molar-refractivity contribution >= 4 is 11.6 Å². The number of hydrogen-bond acceptors (Lipinski definition) is 2. The molecule has 0 saturated heterocycles. The van der Waals surface area contributed by atoms with Crippen LogP contribution in [-0.4, -0.2) is 11.7 Å². The molecule has 0 aromatic heterocycles. The quantitative estimate of drug-likeness (QED) is 0.636. The molecule has 0 fully saturated rings. The molecule has 1 unspecified atom stereocenters. The number of nitrogens with one attached hydrogen (secondary N) is 1. The first-order valence-electron chi connectivity index (χ1n) is 8.13. The molecule has 2 nitrogen and oxygen atoms in total. The average Bonchev–Trinajstić information content (AvgIpc) is 2.58. The second-order valence-electron chi connectivity index (χ2n) is 6.13. The topological polar surface area (TPSA) is 32.3 Å². The summed E-state index contributed by atoms with van der Waals surface area (Å²) in [6.45, 7) is 6.09. The van der Waals surface area contributed by atoms with E-state index in [2.05, 4.69) is 11.9 Å². The Kier molecular flexibility index (Phi) is 6.71. The zero-order valence-corrected chi connectivity index (χ0v) is 14.9. The van der Waals surface area contributed by atoms with Crippen LogP contribution in [0.1, 0.15) is 36.9 Å². The Morgan fingerprint density at radius 1 is 1.24 bits per heavy atom. The van der Waals surface area contributed by atoms with E-state index in [4.69, 9.17) is 11.6 Å². The maximum absolute atomic E-state index is 13.6. The van der Waals surface area contributed by atoms with Crippen molar-refractivity contribution in [1.29, 1.82) is 0 Å². The SMILES string of the molecule is C=CCC(O)(CCN[C@@H](C)c1ccc(Cl)c(F)c1)c1ccc(F)cc1. The summed E-state index contributed by atoms with van der Waals surface area (Å²) in [5.41, 5.74) is 0.282. The van der Waals surface area contributed by atoms with Gasteiger partial charge in [0, 0.05) is 6.04 Å². The lowest BCUT2D eigenvalue weighted by atomic mass is 9.87. The molecule has 2 atom stereocenters. The third-order valence-electron chi connectivity index (χ3n) is 4.30. The van der Waals surface area contributed by atoms with Gasteiger partial charge in [-0.15, -0.1) is 6.58 Å². The Labute approximate surface area is 152 Å². The molecule has 0 radical (unpaired) electrons. The van der Waals surface area contributed by atoms with Crippen LogP contribution in [0.4, 0.5) is 8.78 Å². The average molecular weight is 366 g/mol. The van der Waals surface area contributed by atoms with Gasteiger partial charge in [-0.2, -0.15) is 0 Å². The summed E-state index contributed by atoms with van der Waals surface area (Å²) in [6.07, 6.45) is 2.40. The first kappa shape index (κ1) is 19.6. The third kappa shape index (κ3) is 5.11. The van der Waals surface area contributed by atoms with Crippen LogP contribution >= 0.6 is 11.6 Å². The maximum atomic E-state index is 13.6. The lowest BCUT2D eigenvalue weighted by Crippen LogP contribution is -2.31. The Bertz CT molecular complexity index is 720. The van der Waals surface area contributed by atoms with Crippen LogP contribution in [0.5, 0.6) is 0 Å². The molecule has 0 bridgehead atoms. The van der Waals surface area contributed by atoms with Crippen LogP contribution in [0, 0.1) is 11.6 Å². The van der Waals surface area contributed by atoms with Crippen LogP contribution in [0.25, 0.3) is 0 Å². The predicted molar refractivity (Wildman–Crippen MR) is 97.6 cm³/mol. The van der Waals surface area contributed by atoms with E-state index in [1.54, 1.807) is 24.3 Å². The summed E-state index contributed by atoms with van der Waals surface area (Å²) >= 11 is 5.70. The smallest absolute Gasteiger partial charge is 0.142 e. The fraction of sp³-hybridized carbons (Fsp3) is 0.300. The highest BCUT2D eigenvalue weighted by Gasteiger charge is 2.27. The molecule has 2 rings (SSSR count). The predicted octanol–water partition coefficient (Wildman–Crippen LogP) is 5.12. The van der Waals surface area contributed by atoms with Gasteiger partial charge < -0.3 is 10.4 Å². The van der Waals surface area contributed by atoms with E-state index in [9.17, 15) is 13.9 Å². The maximum Gasteiger partial charge on any atom is 0.142 e. The number of aliphatic hydroxyl groups is 1. The zero-order chi connectivity index (χ0) is 18.4. The summed E-state index contributed by atoms with van der Waals surface area (Å²) in [7, 11) is 0. The Morgan fingerprint density at radius 2 is 1.92 bits per heavy atom. The molecular formula is C20H22ClF2NO. The fourth-order valence-corrected chi connectivity index (χ4v) is 2.88. The molecule has 2 aromatic rings. The minimum Gasteiger partial charge on any atom is -0.385 e. The van der Waals surface area contributed by atoms with Crippen molar-refractivity contribution in [3.63, 3.8) is 0 Å². The fourth-order valence-electron chi connectivity index (χ4n) is 2.76. The number of hydrogen-bond donors (Lipinski definition) is 2. The van der Waals surface area contributed by atoms with Gasteiger partial charge in [0.1, 0.15) is 11.6 Å². The highest BCUT2D eigenvalue weighted by molar-refractivity contribution is 6.30.